The number of nitrogens with one attached hydrogen (secondary N) is 2. The zero-order valence-corrected chi connectivity index (χ0v) is 18.0. The molecule has 3 aromatic rings. The SMILES string of the molecule is CN(C)C/C=C/CNC1CC(Oc2cc(-c3ccc(O)c(Cl)c3)cc3[nH]ncc23)C1. The van der Waals surface area contributed by atoms with E-state index in [0.29, 0.717) is 11.1 Å². The number of likely N-dealkylation sites (N-methyl/N-ethyl adjacent to an activating group) is 1. The van der Waals surface area contributed by atoms with Gasteiger partial charge in [-0.25, -0.2) is 0 Å². The van der Waals surface area contributed by atoms with E-state index in [1.807, 2.05) is 18.2 Å². The smallest absolute Gasteiger partial charge is 0.134 e. The number of hydrogen-bond acceptors (Lipinski definition) is 5. The van der Waals surface area contributed by atoms with Crippen LogP contribution in [0.4, 0.5) is 0 Å². The Morgan fingerprint density at radius 2 is 2.07 bits per heavy atom. The number of benzene rings is 2. The maximum absolute atomic E-state index is 9.70. The van der Waals surface area contributed by atoms with Crippen LogP contribution in [0.2, 0.25) is 5.02 Å². The van der Waals surface area contributed by atoms with Gasteiger partial charge in [0.05, 0.1) is 22.1 Å². The van der Waals surface area contributed by atoms with Crippen LogP contribution in [0, 0.1) is 0 Å². The Kier molecular flexibility index (Phi) is 6.27. The average Bonchev–Trinajstić information content (AvgIpc) is 3.16. The van der Waals surface area contributed by atoms with Gasteiger partial charge in [0.1, 0.15) is 17.6 Å². The van der Waals surface area contributed by atoms with Gasteiger partial charge in [0.25, 0.3) is 0 Å². The monoisotopic (exact) mass is 426 g/mol. The fraction of sp³-hybridized carbons (Fsp3) is 0.348. The quantitative estimate of drug-likeness (QED) is 0.470. The van der Waals surface area contributed by atoms with Crippen LogP contribution in [-0.4, -0.2) is 59.5 Å². The lowest BCUT2D eigenvalue weighted by atomic mass is 9.89. The summed E-state index contributed by atoms with van der Waals surface area (Å²) in [7, 11) is 4.13. The maximum Gasteiger partial charge on any atom is 0.134 e. The van der Waals surface area contributed by atoms with Crippen LogP contribution in [0.25, 0.3) is 22.0 Å². The molecule has 3 N–H and O–H groups in total. The number of phenols is 1. The van der Waals surface area contributed by atoms with Crippen molar-refractivity contribution >= 4 is 22.5 Å². The molecule has 4 rings (SSSR count). The minimum atomic E-state index is 0.0732. The number of aromatic amines is 1. The Morgan fingerprint density at radius 1 is 1.23 bits per heavy atom. The number of nitrogens with zero attached hydrogens (tertiary/aromatic N) is 2. The number of ether oxygens (including phenoxy) is 1. The van der Waals surface area contributed by atoms with Gasteiger partial charge >= 0.3 is 0 Å². The summed E-state index contributed by atoms with van der Waals surface area (Å²) < 4.78 is 6.32. The first-order valence-electron chi connectivity index (χ1n) is 10.2. The van der Waals surface area contributed by atoms with E-state index in [2.05, 4.69) is 46.7 Å². The van der Waals surface area contributed by atoms with Crippen molar-refractivity contribution in [2.45, 2.75) is 25.0 Å². The first-order valence-corrected chi connectivity index (χ1v) is 10.5. The summed E-state index contributed by atoms with van der Waals surface area (Å²) in [6, 6.07) is 9.72. The van der Waals surface area contributed by atoms with Crippen molar-refractivity contribution in [2.24, 2.45) is 0 Å². The molecule has 1 aliphatic rings. The number of phenolic OH excluding ortho intramolecular Hbond substituents is 1. The van der Waals surface area contributed by atoms with E-state index in [1.165, 1.54) is 0 Å². The van der Waals surface area contributed by atoms with Crippen LogP contribution in [0.1, 0.15) is 12.8 Å². The van der Waals surface area contributed by atoms with E-state index in [0.717, 1.165) is 53.7 Å². The topological polar surface area (TPSA) is 73.4 Å². The lowest BCUT2D eigenvalue weighted by Gasteiger charge is -2.36. The third-order valence-corrected chi connectivity index (χ3v) is 5.65. The van der Waals surface area contributed by atoms with Gasteiger partial charge in [-0.15, -0.1) is 0 Å². The highest BCUT2D eigenvalue weighted by molar-refractivity contribution is 6.32. The summed E-state index contributed by atoms with van der Waals surface area (Å²) in [5, 5.41) is 21.7. The molecule has 2 aromatic carbocycles. The summed E-state index contributed by atoms with van der Waals surface area (Å²) in [6.45, 7) is 1.84. The van der Waals surface area contributed by atoms with Gasteiger partial charge in [0.2, 0.25) is 0 Å². The van der Waals surface area contributed by atoms with Gasteiger partial charge in [-0.3, -0.25) is 5.10 Å². The molecule has 6 nitrogen and oxygen atoms in total. The van der Waals surface area contributed by atoms with E-state index in [-0.39, 0.29) is 11.9 Å². The molecule has 1 fully saturated rings. The second kappa shape index (κ2) is 9.08. The van der Waals surface area contributed by atoms with Crippen LogP contribution < -0.4 is 10.1 Å². The van der Waals surface area contributed by atoms with Crippen LogP contribution in [0.15, 0.2) is 48.7 Å². The molecule has 0 amide bonds. The fourth-order valence-electron chi connectivity index (χ4n) is 3.58. The van der Waals surface area contributed by atoms with Crippen molar-refractivity contribution in [1.29, 1.82) is 0 Å². The Balaban J connectivity index is 1.41. The third-order valence-electron chi connectivity index (χ3n) is 5.35. The van der Waals surface area contributed by atoms with Crippen molar-refractivity contribution in [3.05, 3.63) is 53.7 Å². The molecule has 1 saturated carbocycles. The van der Waals surface area contributed by atoms with Crippen molar-refractivity contribution in [3.8, 4) is 22.6 Å². The fourth-order valence-corrected chi connectivity index (χ4v) is 3.76. The number of aromatic nitrogens is 2. The number of halogens is 1. The second-order valence-corrected chi connectivity index (χ2v) is 8.43. The largest absolute Gasteiger partial charge is 0.506 e. The second-order valence-electron chi connectivity index (χ2n) is 8.02. The van der Waals surface area contributed by atoms with E-state index >= 15 is 0 Å². The third kappa shape index (κ3) is 4.78. The number of aromatic hydroxyl groups is 1. The standard InChI is InChI=1S/C23H27ClN4O2/c1-28(2)8-4-3-7-25-17-12-18(13-17)30-23-11-16(10-21-19(23)14-26-27-21)15-5-6-22(29)20(24)9-15/h3-6,9-11,14,17-18,25,29H,7-8,12-13H2,1-2H3,(H,26,27)/b4-3+. The molecule has 0 bridgehead atoms. The summed E-state index contributed by atoms with van der Waals surface area (Å²) in [5.74, 6) is 0.888. The number of hydrogen-bond donors (Lipinski definition) is 3. The van der Waals surface area contributed by atoms with Gasteiger partial charge in [-0.1, -0.05) is 29.8 Å². The molecule has 0 spiro atoms. The van der Waals surface area contributed by atoms with E-state index in [4.69, 9.17) is 16.3 Å². The Labute approximate surface area is 181 Å². The molecule has 0 aliphatic heterocycles. The summed E-state index contributed by atoms with van der Waals surface area (Å²) in [6.07, 6.45) is 8.30. The highest BCUT2D eigenvalue weighted by atomic mass is 35.5. The zero-order chi connectivity index (χ0) is 21.1. The van der Waals surface area contributed by atoms with E-state index in [9.17, 15) is 5.11 Å². The maximum atomic E-state index is 9.70. The van der Waals surface area contributed by atoms with Crippen LogP contribution in [0.3, 0.4) is 0 Å². The Morgan fingerprint density at radius 3 is 2.83 bits per heavy atom. The molecular weight excluding hydrogens is 400 g/mol. The Bertz CT molecular complexity index is 1040. The van der Waals surface area contributed by atoms with Crippen molar-refractivity contribution in [3.63, 3.8) is 0 Å². The molecule has 158 valence electrons. The van der Waals surface area contributed by atoms with Gasteiger partial charge in [0.15, 0.2) is 0 Å². The summed E-state index contributed by atoms with van der Waals surface area (Å²) >= 11 is 6.09. The van der Waals surface area contributed by atoms with Gasteiger partial charge in [-0.2, -0.15) is 5.10 Å². The minimum Gasteiger partial charge on any atom is -0.506 e. The highest BCUT2D eigenvalue weighted by Crippen LogP contribution is 2.36. The van der Waals surface area contributed by atoms with Crippen LogP contribution >= 0.6 is 11.6 Å². The van der Waals surface area contributed by atoms with Gasteiger partial charge < -0.3 is 20.1 Å². The van der Waals surface area contributed by atoms with Crippen LogP contribution in [0.5, 0.6) is 11.5 Å². The van der Waals surface area contributed by atoms with E-state index in [1.54, 1.807) is 18.3 Å². The molecule has 1 aromatic heterocycles. The molecule has 1 aliphatic carbocycles. The first-order chi connectivity index (χ1) is 14.5. The normalized spacial score (nSPS) is 18.9. The molecule has 0 atom stereocenters. The number of fused-ring (bicyclic) bond motifs is 1. The molecule has 0 saturated heterocycles. The molecule has 1 heterocycles. The van der Waals surface area contributed by atoms with Crippen LogP contribution in [-0.2, 0) is 0 Å². The molecule has 7 heteroatoms. The first kappa shape index (κ1) is 20.7. The number of H-pyrrole nitrogens is 1. The lowest BCUT2D eigenvalue weighted by molar-refractivity contribution is 0.0883. The highest BCUT2D eigenvalue weighted by Gasteiger charge is 2.30. The summed E-state index contributed by atoms with van der Waals surface area (Å²) in [5.41, 5.74) is 2.78. The molecule has 0 unspecified atom stereocenters. The number of rotatable bonds is 8. The molecule has 30 heavy (non-hydrogen) atoms. The van der Waals surface area contributed by atoms with Crippen molar-refractivity contribution < 1.29 is 9.84 Å². The lowest BCUT2D eigenvalue weighted by Crippen LogP contribution is -2.46. The van der Waals surface area contributed by atoms with Gasteiger partial charge in [0, 0.05) is 19.1 Å². The predicted octanol–water partition coefficient (Wildman–Crippen LogP) is 4.21. The minimum absolute atomic E-state index is 0.0732. The van der Waals surface area contributed by atoms with Gasteiger partial charge in [-0.05, 0) is 62.3 Å². The zero-order valence-electron chi connectivity index (χ0n) is 17.2. The predicted molar refractivity (Wildman–Crippen MR) is 121 cm³/mol. The Hall–Kier alpha value is -2.54. The molecular formula is C23H27ClN4O2. The van der Waals surface area contributed by atoms with E-state index < -0.39 is 0 Å². The average molecular weight is 427 g/mol. The van der Waals surface area contributed by atoms with Crippen molar-refractivity contribution in [2.75, 3.05) is 27.2 Å². The summed E-state index contributed by atoms with van der Waals surface area (Å²) in [4.78, 5) is 2.14. The van der Waals surface area contributed by atoms with Crippen molar-refractivity contribution in [1.82, 2.24) is 20.4 Å². The molecule has 0 radical (unpaired) electrons.